The minimum absolute atomic E-state index is 0. The zero-order chi connectivity index (χ0) is 10.8. The van der Waals surface area contributed by atoms with Gasteiger partial charge in [0, 0.05) is 24.1 Å². The van der Waals surface area contributed by atoms with Crippen molar-refractivity contribution in [2.24, 2.45) is 5.92 Å². The van der Waals surface area contributed by atoms with Gasteiger partial charge >= 0.3 is 0 Å². The van der Waals surface area contributed by atoms with Crippen LogP contribution < -0.4 is 11.1 Å². The molecule has 0 unspecified atom stereocenters. The molecule has 0 aromatic carbocycles. The number of nitrogens with zero attached hydrogens (tertiary/aromatic N) is 1. The van der Waals surface area contributed by atoms with Gasteiger partial charge < -0.3 is 11.1 Å². The first-order chi connectivity index (χ1) is 7.16. The second-order valence-corrected chi connectivity index (χ2v) is 4.21. The summed E-state index contributed by atoms with van der Waals surface area (Å²) in [7, 11) is 0. The van der Waals surface area contributed by atoms with E-state index in [0.29, 0.717) is 17.3 Å². The van der Waals surface area contributed by atoms with Crippen molar-refractivity contribution in [3.8, 4) is 0 Å². The van der Waals surface area contributed by atoms with Gasteiger partial charge in [0.2, 0.25) is 0 Å². The fourth-order valence-corrected chi connectivity index (χ4v) is 1.88. The van der Waals surface area contributed by atoms with E-state index < -0.39 is 0 Å². The molecule has 1 aromatic rings. The number of aromatic nitrogens is 1. The van der Waals surface area contributed by atoms with Gasteiger partial charge in [-0.2, -0.15) is 0 Å². The van der Waals surface area contributed by atoms with Crippen molar-refractivity contribution in [1.29, 1.82) is 0 Å². The lowest BCUT2D eigenvalue weighted by Crippen LogP contribution is -2.43. The predicted octanol–water partition coefficient (Wildman–Crippen LogP) is 1.61. The summed E-state index contributed by atoms with van der Waals surface area (Å²) in [4.78, 5) is 15.6. The number of carbonyl (C=O) groups is 1. The molecule has 0 spiro atoms. The Morgan fingerprint density at radius 3 is 2.81 bits per heavy atom. The third-order valence-electron chi connectivity index (χ3n) is 2.81. The van der Waals surface area contributed by atoms with Crippen LogP contribution in [-0.4, -0.2) is 16.9 Å². The van der Waals surface area contributed by atoms with Crippen LogP contribution in [0.4, 0.5) is 5.69 Å². The third kappa shape index (κ3) is 2.64. The first kappa shape index (κ1) is 12.8. The van der Waals surface area contributed by atoms with Gasteiger partial charge in [-0.25, -0.2) is 0 Å². The fraction of sp³-hybridized carbons (Fsp3) is 0.455. The van der Waals surface area contributed by atoms with Crippen LogP contribution in [0.5, 0.6) is 0 Å². The molecular weight excluding hydrogens is 226 g/mol. The molecule has 1 aliphatic rings. The van der Waals surface area contributed by atoms with E-state index in [1.807, 2.05) is 0 Å². The molecule has 2 rings (SSSR count). The summed E-state index contributed by atoms with van der Waals surface area (Å²) in [5, 5.41) is 2.94. The van der Waals surface area contributed by atoms with Crippen molar-refractivity contribution in [1.82, 2.24) is 10.3 Å². The van der Waals surface area contributed by atoms with E-state index in [1.54, 1.807) is 12.3 Å². The molecule has 3 N–H and O–H groups in total. The number of pyridine rings is 1. The SMILES string of the molecule is CC1CC(NC(=O)c2cnccc2N)C1.Cl. The standard InChI is InChI=1S/C11H15N3O.ClH/c1-7-4-8(5-7)14-11(15)9-6-13-3-2-10(9)12;/h2-3,6-8H,4-5H2,1H3,(H2,12,13)(H,14,15);1H. The van der Waals surface area contributed by atoms with Crippen LogP contribution in [0.3, 0.4) is 0 Å². The van der Waals surface area contributed by atoms with Crippen molar-refractivity contribution in [2.75, 3.05) is 5.73 Å². The van der Waals surface area contributed by atoms with Crippen molar-refractivity contribution >= 4 is 24.0 Å². The number of nitrogens with one attached hydrogen (secondary N) is 1. The van der Waals surface area contributed by atoms with E-state index in [2.05, 4.69) is 17.2 Å². The molecule has 5 heteroatoms. The number of hydrogen-bond acceptors (Lipinski definition) is 3. The molecule has 4 nitrogen and oxygen atoms in total. The van der Waals surface area contributed by atoms with E-state index >= 15 is 0 Å². The molecule has 1 fully saturated rings. The van der Waals surface area contributed by atoms with Gasteiger partial charge in [-0.15, -0.1) is 12.4 Å². The van der Waals surface area contributed by atoms with Gasteiger partial charge in [0.05, 0.1) is 5.56 Å². The van der Waals surface area contributed by atoms with Crippen molar-refractivity contribution in [3.05, 3.63) is 24.0 Å². The molecule has 1 aromatic heterocycles. The summed E-state index contributed by atoms with van der Waals surface area (Å²) in [6.07, 6.45) is 5.21. The predicted molar refractivity (Wildman–Crippen MR) is 65.5 cm³/mol. The Bertz CT molecular complexity index is 377. The van der Waals surface area contributed by atoms with Crippen molar-refractivity contribution in [3.63, 3.8) is 0 Å². The lowest BCUT2D eigenvalue weighted by Gasteiger charge is -2.33. The smallest absolute Gasteiger partial charge is 0.255 e. The second kappa shape index (κ2) is 5.16. The Kier molecular flexibility index (Phi) is 4.12. The minimum Gasteiger partial charge on any atom is -0.398 e. The van der Waals surface area contributed by atoms with Gasteiger partial charge in [0.15, 0.2) is 0 Å². The van der Waals surface area contributed by atoms with Gasteiger partial charge in [-0.05, 0) is 24.8 Å². The number of nitrogens with two attached hydrogens (primary N) is 1. The first-order valence-corrected chi connectivity index (χ1v) is 5.17. The second-order valence-electron chi connectivity index (χ2n) is 4.21. The average molecular weight is 242 g/mol. The van der Waals surface area contributed by atoms with E-state index in [1.165, 1.54) is 6.20 Å². The maximum Gasteiger partial charge on any atom is 0.255 e. The fourth-order valence-electron chi connectivity index (χ4n) is 1.88. The lowest BCUT2D eigenvalue weighted by atomic mass is 9.82. The maximum absolute atomic E-state index is 11.7. The molecule has 0 atom stereocenters. The Labute approximate surface area is 101 Å². The molecule has 0 bridgehead atoms. The monoisotopic (exact) mass is 241 g/mol. The van der Waals surface area contributed by atoms with E-state index in [4.69, 9.17) is 5.73 Å². The Balaban J connectivity index is 0.00000128. The number of rotatable bonds is 2. The van der Waals surface area contributed by atoms with Crippen LogP contribution in [0.15, 0.2) is 18.5 Å². The van der Waals surface area contributed by atoms with Crippen LogP contribution in [0.1, 0.15) is 30.1 Å². The van der Waals surface area contributed by atoms with Crippen molar-refractivity contribution < 1.29 is 4.79 Å². The van der Waals surface area contributed by atoms with Gasteiger partial charge in [0.25, 0.3) is 5.91 Å². The number of anilines is 1. The number of amides is 1. The largest absolute Gasteiger partial charge is 0.398 e. The van der Waals surface area contributed by atoms with E-state index in [9.17, 15) is 4.79 Å². The molecule has 1 amide bonds. The summed E-state index contributed by atoms with van der Waals surface area (Å²) in [6.45, 7) is 2.18. The Hall–Kier alpha value is -1.29. The summed E-state index contributed by atoms with van der Waals surface area (Å²) in [5.74, 6) is 0.610. The van der Waals surface area contributed by atoms with Gasteiger partial charge in [-0.1, -0.05) is 6.92 Å². The summed E-state index contributed by atoms with van der Waals surface area (Å²) in [6, 6.07) is 1.95. The molecule has 0 radical (unpaired) electrons. The van der Waals surface area contributed by atoms with Gasteiger partial charge in [0.1, 0.15) is 0 Å². The minimum atomic E-state index is -0.113. The highest BCUT2D eigenvalue weighted by Gasteiger charge is 2.27. The molecule has 1 heterocycles. The Morgan fingerprint density at radius 2 is 2.25 bits per heavy atom. The molecule has 16 heavy (non-hydrogen) atoms. The summed E-state index contributed by atoms with van der Waals surface area (Å²) >= 11 is 0. The van der Waals surface area contributed by atoms with E-state index in [-0.39, 0.29) is 18.3 Å². The van der Waals surface area contributed by atoms with Gasteiger partial charge in [-0.3, -0.25) is 9.78 Å². The van der Waals surface area contributed by atoms with Crippen LogP contribution >= 0.6 is 12.4 Å². The molecule has 0 aliphatic heterocycles. The van der Waals surface area contributed by atoms with Crippen molar-refractivity contribution in [2.45, 2.75) is 25.8 Å². The highest BCUT2D eigenvalue weighted by atomic mass is 35.5. The van der Waals surface area contributed by atoms with Crippen LogP contribution in [0.25, 0.3) is 0 Å². The summed E-state index contributed by atoms with van der Waals surface area (Å²) in [5.41, 5.74) is 6.63. The molecule has 88 valence electrons. The van der Waals surface area contributed by atoms with E-state index in [0.717, 1.165) is 18.8 Å². The number of nitrogen functional groups attached to an aromatic ring is 1. The highest BCUT2D eigenvalue weighted by molar-refractivity contribution is 5.98. The normalized spacial score (nSPS) is 22.8. The maximum atomic E-state index is 11.7. The number of halogens is 1. The number of carbonyl (C=O) groups excluding carboxylic acids is 1. The zero-order valence-electron chi connectivity index (χ0n) is 9.14. The highest BCUT2D eigenvalue weighted by Crippen LogP contribution is 2.26. The Morgan fingerprint density at radius 1 is 1.56 bits per heavy atom. The average Bonchev–Trinajstić information content (AvgIpc) is 2.16. The molecule has 0 saturated heterocycles. The lowest BCUT2D eigenvalue weighted by molar-refractivity contribution is 0.0896. The topological polar surface area (TPSA) is 68.0 Å². The third-order valence-corrected chi connectivity index (χ3v) is 2.81. The van der Waals surface area contributed by atoms with Crippen LogP contribution in [0.2, 0.25) is 0 Å². The molecular formula is C11H16ClN3O. The summed E-state index contributed by atoms with van der Waals surface area (Å²) < 4.78 is 0. The van der Waals surface area contributed by atoms with Crippen LogP contribution in [0, 0.1) is 5.92 Å². The number of hydrogen-bond donors (Lipinski definition) is 2. The zero-order valence-corrected chi connectivity index (χ0v) is 9.96. The quantitative estimate of drug-likeness (QED) is 0.827. The molecule has 1 aliphatic carbocycles. The molecule has 1 saturated carbocycles. The first-order valence-electron chi connectivity index (χ1n) is 5.17. The van der Waals surface area contributed by atoms with Crippen LogP contribution in [-0.2, 0) is 0 Å².